The highest BCUT2D eigenvalue weighted by Crippen LogP contribution is 2.40. The van der Waals surface area contributed by atoms with Crippen molar-refractivity contribution in [3.63, 3.8) is 0 Å². The van der Waals surface area contributed by atoms with E-state index in [1.165, 1.54) is 29.2 Å². The van der Waals surface area contributed by atoms with Crippen LogP contribution in [-0.4, -0.2) is 20.3 Å². The summed E-state index contributed by atoms with van der Waals surface area (Å²) in [6, 6.07) is 15.5. The quantitative estimate of drug-likeness (QED) is 0.882. The second kappa shape index (κ2) is 5.32. The average Bonchev–Trinajstić information content (AvgIpc) is 3.28. The molecule has 0 heterocycles. The number of benzene rings is 2. The summed E-state index contributed by atoms with van der Waals surface area (Å²) in [5, 5.41) is 6.02. The fourth-order valence-electron chi connectivity index (χ4n) is 2.95. The molecule has 1 aliphatic carbocycles. The molecule has 2 unspecified atom stereocenters. The molecule has 100 valence electrons. The maximum absolute atomic E-state index is 5.73. The molecule has 2 heteroatoms. The molecule has 0 radical (unpaired) electrons. The van der Waals surface area contributed by atoms with Crippen LogP contribution in [0.25, 0.3) is 10.8 Å². The van der Waals surface area contributed by atoms with E-state index in [1.807, 2.05) is 14.2 Å². The van der Waals surface area contributed by atoms with Gasteiger partial charge in [0.1, 0.15) is 0 Å². The number of methoxy groups -OCH3 is 1. The number of hydrogen-bond acceptors (Lipinski definition) is 2. The lowest BCUT2D eigenvalue weighted by Gasteiger charge is -2.26. The smallest absolute Gasteiger partial charge is 0.0793 e. The lowest BCUT2D eigenvalue weighted by molar-refractivity contribution is 0.0531. The van der Waals surface area contributed by atoms with Crippen molar-refractivity contribution in [2.45, 2.75) is 25.0 Å². The van der Waals surface area contributed by atoms with Crippen LogP contribution < -0.4 is 5.32 Å². The molecule has 0 aliphatic heterocycles. The first-order valence-electron chi connectivity index (χ1n) is 7.02. The third-order valence-electron chi connectivity index (χ3n) is 4.13. The van der Waals surface area contributed by atoms with Crippen molar-refractivity contribution >= 4 is 10.8 Å². The summed E-state index contributed by atoms with van der Waals surface area (Å²) in [6.45, 7) is 0. The molecule has 2 atom stereocenters. The minimum Gasteiger partial charge on any atom is -0.379 e. The Morgan fingerprint density at radius 3 is 2.47 bits per heavy atom. The minimum absolute atomic E-state index is 0.280. The highest BCUT2D eigenvalue weighted by Gasteiger charge is 2.36. The van der Waals surface area contributed by atoms with Gasteiger partial charge in [0, 0.05) is 7.11 Å². The maximum Gasteiger partial charge on any atom is 0.0793 e. The van der Waals surface area contributed by atoms with Gasteiger partial charge in [-0.1, -0.05) is 36.4 Å². The Balaban J connectivity index is 1.95. The fourth-order valence-corrected chi connectivity index (χ4v) is 2.95. The molecule has 0 spiro atoms. The van der Waals surface area contributed by atoms with Crippen LogP contribution in [0.2, 0.25) is 0 Å². The largest absolute Gasteiger partial charge is 0.379 e. The molecule has 2 aromatic carbocycles. The summed E-state index contributed by atoms with van der Waals surface area (Å²) in [7, 11) is 3.85. The van der Waals surface area contributed by atoms with Gasteiger partial charge < -0.3 is 10.1 Å². The van der Waals surface area contributed by atoms with Gasteiger partial charge in [0.25, 0.3) is 0 Å². The van der Waals surface area contributed by atoms with Crippen molar-refractivity contribution in [2.24, 2.45) is 5.92 Å². The first-order valence-corrected chi connectivity index (χ1v) is 7.02. The van der Waals surface area contributed by atoms with Crippen LogP contribution in [0.15, 0.2) is 42.5 Å². The van der Waals surface area contributed by atoms with Crippen LogP contribution in [0, 0.1) is 5.92 Å². The van der Waals surface area contributed by atoms with E-state index in [4.69, 9.17) is 4.74 Å². The Bertz CT molecular complexity index is 562. The Labute approximate surface area is 114 Å². The highest BCUT2D eigenvalue weighted by molar-refractivity contribution is 5.83. The van der Waals surface area contributed by atoms with Gasteiger partial charge >= 0.3 is 0 Å². The second-order valence-electron chi connectivity index (χ2n) is 5.41. The number of rotatable bonds is 5. The van der Waals surface area contributed by atoms with Gasteiger partial charge in [0.05, 0.1) is 12.1 Å². The van der Waals surface area contributed by atoms with Crippen molar-refractivity contribution < 1.29 is 4.74 Å². The molecule has 1 N–H and O–H groups in total. The minimum atomic E-state index is 0.280. The zero-order valence-corrected chi connectivity index (χ0v) is 11.6. The molecule has 1 saturated carbocycles. The van der Waals surface area contributed by atoms with Crippen LogP contribution in [0.4, 0.5) is 0 Å². The summed E-state index contributed by atoms with van der Waals surface area (Å²) in [5.74, 6) is 0.717. The zero-order valence-electron chi connectivity index (χ0n) is 11.6. The second-order valence-corrected chi connectivity index (χ2v) is 5.41. The predicted octanol–water partition coefficient (Wildman–Crippen LogP) is 3.53. The molecule has 1 fully saturated rings. The number of nitrogens with one attached hydrogen (secondary N) is 1. The molecule has 1 aliphatic rings. The maximum atomic E-state index is 5.73. The molecule has 2 nitrogen and oxygen atoms in total. The van der Waals surface area contributed by atoms with Gasteiger partial charge in [0.15, 0.2) is 0 Å². The third kappa shape index (κ3) is 2.51. The van der Waals surface area contributed by atoms with Crippen LogP contribution in [0.3, 0.4) is 0 Å². The number of ether oxygens (including phenoxy) is 1. The van der Waals surface area contributed by atoms with Crippen molar-refractivity contribution in [2.75, 3.05) is 14.2 Å². The van der Waals surface area contributed by atoms with E-state index < -0.39 is 0 Å². The molecule has 3 rings (SSSR count). The SMILES string of the molecule is CNC(c1ccc2ccccc2c1)C(OC)C1CC1. The molecular formula is C17H21NO. The Morgan fingerprint density at radius 2 is 1.84 bits per heavy atom. The predicted molar refractivity (Wildman–Crippen MR) is 79.3 cm³/mol. The number of hydrogen-bond donors (Lipinski definition) is 1. The van der Waals surface area contributed by atoms with Crippen LogP contribution >= 0.6 is 0 Å². The molecule has 19 heavy (non-hydrogen) atoms. The number of likely N-dealkylation sites (N-methyl/N-ethyl adjacent to an activating group) is 1. The van der Waals surface area contributed by atoms with E-state index in [1.54, 1.807) is 0 Å². The van der Waals surface area contributed by atoms with Gasteiger partial charge in [0.2, 0.25) is 0 Å². The van der Waals surface area contributed by atoms with Crippen molar-refractivity contribution in [3.8, 4) is 0 Å². The summed E-state index contributed by atoms with van der Waals surface area (Å²) in [6.07, 6.45) is 2.88. The Morgan fingerprint density at radius 1 is 1.11 bits per heavy atom. The molecule has 0 saturated heterocycles. The molecular weight excluding hydrogens is 234 g/mol. The van der Waals surface area contributed by atoms with Crippen molar-refractivity contribution in [1.29, 1.82) is 0 Å². The summed E-state index contributed by atoms with van der Waals surface area (Å²) in [4.78, 5) is 0. The van der Waals surface area contributed by atoms with Crippen molar-refractivity contribution in [1.82, 2.24) is 5.32 Å². The average molecular weight is 255 g/mol. The lowest BCUT2D eigenvalue weighted by atomic mass is 9.96. The fraction of sp³-hybridized carbons (Fsp3) is 0.412. The number of fused-ring (bicyclic) bond motifs is 1. The first kappa shape index (κ1) is 12.6. The topological polar surface area (TPSA) is 21.3 Å². The normalized spacial score (nSPS) is 18.4. The van der Waals surface area contributed by atoms with Gasteiger partial charge in [-0.25, -0.2) is 0 Å². The van der Waals surface area contributed by atoms with Crippen LogP contribution in [0.1, 0.15) is 24.4 Å². The van der Waals surface area contributed by atoms with Gasteiger partial charge in [-0.15, -0.1) is 0 Å². The van der Waals surface area contributed by atoms with E-state index in [0.29, 0.717) is 5.92 Å². The van der Waals surface area contributed by atoms with Gasteiger partial charge in [-0.3, -0.25) is 0 Å². The first-order chi connectivity index (χ1) is 9.33. The Kier molecular flexibility index (Phi) is 3.54. The third-order valence-corrected chi connectivity index (χ3v) is 4.13. The summed E-state index contributed by atoms with van der Waals surface area (Å²) in [5.41, 5.74) is 1.32. The lowest BCUT2D eigenvalue weighted by Crippen LogP contribution is -2.32. The molecule has 0 aromatic heterocycles. The van der Waals surface area contributed by atoms with Crippen LogP contribution in [0.5, 0.6) is 0 Å². The molecule has 0 amide bonds. The Hall–Kier alpha value is -1.38. The molecule has 0 bridgehead atoms. The van der Waals surface area contributed by atoms with Crippen molar-refractivity contribution in [3.05, 3.63) is 48.0 Å². The standard InChI is InChI=1S/C17H21NO/c1-18-16(17(19-2)13-8-9-13)15-10-7-12-5-3-4-6-14(12)11-15/h3-7,10-11,13,16-18H,8-9H2,1-2H3. The van der Waals surface area contributed by atoms with E-state index in [2.05, 4.69) is 47.8 Å². The van der Waals surface area contributed by atoms with Crippen LogP contribution in [-0.2, 0) is 4.74 Å². The monoisotopic (exact) mass is 255 g/mol. The van der Waals surface area contributed by atoms with Gasteiger partial charge in [-0.05, 0) is 48.2 Å². The van der Waals surface area contributed by atoms with Gasteiger partial charge in [-0.2, -0.15) is 0 Å². The van der Waals surface area contributed by atoms with E-state index in [9.17, 15) is 0 Å². The highest BCUT2D eigenvalue weighted by atomic mass is 16.5. The zero-order chi connectivity index (χ0) is 13.2. The summed E-state index contributed by atoms with van der Waals surface area (Å²) < 4.78 is 5.73. The van der Waals surface area contributed by atoms with E-state index in [-0.39, 0.29) is 12.1 Å². The van der Waals surface area contributed by atoms with E-state index >= 15 is 0 Å². The van der Waals surface area contributed by atoms with E-state index in [0.717, 1.165) is 0 Å². The summed E-state index contributed by atoms with van der Waals surface area (Å²) >= 11 is 0. The molecule has 2 aromatic rings.